The first-order valence-electron chi connectivity index (χ1n) is 6.56. The monoisotopic (exact) mass is 265 g/mol. The molecule has 1 heterocycles. The summed E-state index contributed by atoms with van der Waals surface area (Å²) in [5.74, 6) is 0.320. The minimum Gasteiger partial charge on any atom is -0.316 e. The maximum atomic E-state index is 12.5. The second-order valence-electron chi connectivity index (χ2n) is 5.26. The summed E-state index contributed by atoms with van der Waals surface area (Å²) < 4.78 is 0. The molecule has 1 unspecified atom stereocenters. The molecular formula is C15H20ClNO. The molecular weight excluding hydrogens is 246 g/mol. The van der Waals surface area contributed by atoms with Crippen LogP contribution in [0, 0.1) is 12.3 Å². The highest BCUT2D eigenvalue weighted by Crippen LogP contribution is 2.32. The Morgan fingerprint density at radius 3 is 2.83 bits per heavy atom. The molecule has 2 rings (SSSR count). The molecule has 1 aliphatic heterocycles. The van der Waals surface area contributed by atoms with Crippen molar-refractivity contribution in [2.75, 3.05) is 13.1 Å². The first-order valence-corrected chi connectivity index (χ1v) is 6.94. The quantitative estimate of drug-likeness (QED) is 0.906. The molecule has 0 radical (unpaired) electrons. The van der Waals surface area contributed by atoms with Gasteiger partial charge in [0.1, 0.15) is 5.78 Å². The SMILES string of the molecule is CCC1(C(=O)Cc2ccc(C)cc2Cl)CCNC1. The fraction of sp³-hybridized carbons (Fsp3) is 0.533. The molecule has 0 saturated carbocycles. The van der Waals surface area contributed by atoms with Crippen LogP contribution in [0.15, 0.2) is 18.2 Å². The largest absolute Gasteiger partial charge is 0.316 e. The van der Waals surface area contributed by atoms with Gasteiger partial charge >= 0.3 is 0 Å². The molecule has 1 N–H and O–H groups in total. The lowest BCUT2D eigenvalue weighted by Gasteiger charge is -2.25. The first kappa shape index (κ1) is 13.6. The fourth-order valence-electron chi connectivity index (χ4n) is 2.64. The number of halogens is 1. The summed E-state index contributed by atoms with van der Waals surface area (Å²) in [5.41, 5.74) is 1.91. The number of hydrogen-bond acceptors (Lipinski definition) is 2. The predicted molar refractivity (Wildman–Crippen MR) is 75.1 cm³/mol. The van der Waals surface area contributed by atoms with Crippen LogP contribution in [-0.2, 0) is 11.2 Å². The van der Waals surface area contributed by atoms with Crippen molar-refractivity contribution in [2.24, 2.45) is 5.41 Å². The van der Waals surface area contributed by atoms with Crippen LogP contribution in [0.4, 0.5) is 0 Å². The minimum atomic E-state index is -0.172. The van der Waals surface area contributed by atoms with Crippen molar-refractivity contribution in [3.05, 3.63) is 34.3 Å². The van der Waals surface area contributed by atoms with Gasteiger partial charge in [-0.1, -0.05) is 30.7 Å². The van der Waals surface area contributed by atoms with Gasteiger partial charge < -0.3 is 5.32 Å². The second kappa shape index (κ2) is 5.41. The number of benzene rings is 1. The molecule has 1 aromatic carbocycles. The smallest absolute Gasteiger partial charge is 0.144 e. The maximum Gasteiger partial charge on any atom is 0.144 e. The highest BCUT2D eigenvalue weighted by atomic mass is 35.5. The van der Waals surface area contributed by atoms with E-state index in [2.05, 4.69) is 12.2 Å². The molecule has 1 saturated heterocycles. The Bertz CT molecular complexity index is 450. The Morgan fingerprint density at radius 2 is 2.28 bits per heavy atom. The fourth-order valence-corrected chi connectivity index (χ4v) is 2.94. The van der Waals surface area contributed by atoms with E-state index in [9.17, 15) is 4.79 Å². The predicted octanol–water partition coefficient (Wildman–Crippen LogP) is 3.15. The number of ketones is 1. The van der Waals surface area contributed by atoms with E-state index in [1.54, 1.807) is 0 Å². The number of hydrogen-bond donors (Lipinski definition) is 1. The van der Waals surface area contributed by atoms with Crippen molar-refractivity contribution in [1.82, 2.24) is 5.32 Å². The number of rotatable bonds is 4. The van der Waals surface area contributed by atoms with Gasteiger partial charge in [0.2, 0.25) is 0 Å². The van der Waals surface area contributed by atoms with Crippen LogP contribution in [0.1, 0.15) is 30.9 Å². The van der Waals surface area contributed by atoms with Gasteiger partial charge in [0, 0.05) is 23.4 Å². The number of carbonyl (C=O) groups excluding carboxylic acids is 1. The van der Waals surface area contributed by atoms with Crippen molar-refractivity contribution < 1.29 is 4.79 Å². The Labute approximate surface area is 114 Å². The number of carbonyl (C=O) groups is 1. The Morgan fingerprint density at radius 1 is 1.50 bits per heavy atom. The third-order valence-corrected chi connectivity index (χ3v) is 4.42. The lowest BCUT2D eigenvalue weighted by molar-refractivity contribution is -0.127. The molecule has 3 heteroatoms. The molecule has 0 aliphatic carbocycles. The van der Waals surface area contributed by atoms with Crippen LogP contribution in [0.5, 0.6) is 0 Å². The van der Waals surface area contributed by atoms with Crippen molar-refractivity contribution in [3.8, 4) is 0 Å². The molecule has 1 aromatic rings. The lowest BCUT2D eigenvalue weighted by atomic mass is 9.78. The zero-order chi connectivity index (χ0) is 13.2. The van der Waals surface area contributed by atoms with Crippen LogP contribution in [0.25, 0.3) is 0 Å². The van der Waals surface area contributed by atoms with Crippen LogP contribution in [0.3, 0.4) is 0 Å². The summed E-state index contributed by atoms with van der Waals surface area (Å²) in [7, 11) is 0. The highest BCUT2D eigenvalue weighted by Gasteiger charge is 2.38. The molecule has 98 valence electrons. The molecule has 1 aliphatic rings. The van der Waals surface area contributed by atoms with Gasteiger partial charge in [-0.05, 0) is 43.5 Å². The zero-order valence-electron chi connectivity index (χ0n) is 11.1. The first-order chi connectivity index (χ1) is 8.57. The summed E-state index contributed by atoms with van der Waals surface area (Å²) in [5, 5.41) is 4.01. The summed E-state index contributed by atoms with van der Waals surface area (Å²) in [4.78, 5) is 12.5. The Hall–Kier alpha value is -0.860. The standard InChI is InChI=1S/C15H20ClNO/c1-3-15(6-7-17-10-15)14(18)9-12-5-4-11(2)8-13(12)16/h4-5,8,17H,3,6-7,9-10H2,1-2H3. The topological polar surface area (TPSA) is 29.1 Å². The molecule has 0 spiro atoms. The molecule has 18 heavy (non-hydrogen) atoms. The lowest BCUT2D eigenvalue weighted by Crippen LogP contribution is -2.34. The van der Waals surface area contributed by atoms with Gasteiger partial charge in [0.05, 0.1) is 0 Å². The minimum absolute atomic E-state index is 0.172. The van der Waals surface area contributed by atoms with E-state index in [1.807, 2.05) is 25.1 Å². The van der Waals surface area contributed by atoms with Gasteiger partial charge in [-0.2, -0.15) is 0 Å². The van der Waals surface area contributed by atoms with Crippen LogP contribution < -0.4 is 5.32 Å². The van der Waals surface area contributed by atoms with E-state index in [-0.39, 0.29) is 5.41 Å². The number of aryl methyl sites for hydroxylation is 1. The highest BCUT2D eigenvalue weighted by molar-refractivity contribution is 6.31. The number of Topliss-reactive ketones (excluding diaryl/α,β-unsaturated/α-hetero) is 1. The van der Waals surface area contributed by atoms with E-state index in [1.165, 1.54) is 0 Å². The second-order valence-corrected chi connectivity index (χ2v) is 5.66. The third-order valence-electron chi connectivity index (χ3n) is 4.07. The zero-order valence-corrected chi connectivity index (χ0v) is 11.8. The summed E-state index contributed by atoms with van der Waals surface area (Å²) >= 11 is 6.20. The normalized spacial score (nSPS) is 23.3. The van der Waals surface area contributed by atoms with Crippen molar-refractivity contribution >= 4 is 17.4 Å². The van der Waals surface area contributed by atoms with Crippen LogP contribution >= 0.6 is 11.6 Å². The van der Waals surface area contributed by atoms with Crippen molar-refractivity contribution in [3.63, 3.8) is 0 Å². The maximum absolute atomic E-state index is 12.5. The molecule has 2 nitrogen and oxygen atoms in total. The van der Waals surface area contributed by atoms with Gasteiger partial charge in [-0.3, -0.25) is 4.79 Å². The van der Waals surface area contributed by atoms with Crippen LogP contribution in [-0.4, -0.2) is 18.9 Å². The average molecular weight is 266 g/mol. The molecule has 1 atom stereocenters. The molecule has 0 aromatic heterocycles. The van der Waals surface area contributed by atoms with E-state index >= 15 is 0 Å². The summed E-state index contributed by atoms with van der Waals surface area (Å²) in [6, 6.07) is 5.91. The van der Waals surface area contributed by atoms with Gasteiger partial charge in [0.15, 0.2) is 0 Å². The van der Waals surface area contributed by atoms with Crippen molar-refractivity contribution in [1.29, 1.82) is 0 Å². The van der Waals surface area contributed by atoms with Crippen molar-refractivity contribution in [2.45, 2.75) is 33.1 Å². The average Bonchev–Trinajstić information content (AvgIpc) is 2.82. The van der Waals surface area contributed by atoms with E-state index in [4.69, 9.17) is 11.6 Å². The van der Waals surface area contributed by atoms with Gasteiger partial charge in [-0.15, -0.1) is 0 Å². The number of nitrogens with one attached hydrogen (secondary N) is 1. The summed E-state index contributed by atoms with van der Waals surface area (Å²) in [6.45, 7) is 5.86. The Kier molecular flexibility index (Phi) is 4.08. The third kappa shape index (κ3) is 2.60. The van der Waals surface area contributed by atoms with E-state index < -0.39 is 0 Å². The molecule has 1 fully saturated rings. The molecule has 0 bridgehead atoms. The molecule has 0 amide bonds. The van der Waals surface area contributed by atoms with Crippen LogP contribution in [0.2, 0.25) is 5.02 Å². The van der Waals surface area contributed by atoms with Gasteiger partial charge in [-0.25, -0.2) is 0 Å². The van der Waals surface area contributed by atoms with E-state index in [0.717, 1.165) is 37.1 Å². The van der Waals surface area contributed by atoms with Gasteiger partial charge in [0.25, 0.3) is 0 Å². The summed E-state index contributed by atoms with van der Waals surface area (Å²) in [6.07, 6.45) is 2.31. The van der Waals surface area contributed by atoms with E-state index in [0.29, 0.717) is 17.2 Å². The Balaban J connectivity index is 2.15.